The zero-order valence-electron chi connectivity index (χ0n) is 19.8. The molecule has 6 nitrogen and oxygen atoms in total. The molecule has 0 aromatic heterocycles. The number of aliphatic hydroxyl groups excluding tert-OH is 2. The van der Waals surface area contributed by atoms with Gasteiger partial charge in [0.2, 0.25) is 0 Å². The lowest BCUT2D eigenvalue weighted by atomic mass is 9.85. The fraction of sp³-hybridized carbons (Fsp3) is 0.880. The van der Waals surface area contributed by atoms with E-state index in [0.29, 0.717) is 51.6 Å². The number of ether oxygens (including phenoxy) is 2. The second kappa shape index (κ2) is 14.3. The van der Waals surface area contributed by atoms with Gasteiger partial charge in [-0.05, 0) is 63.2 Å². The van der Waals surface area contributed by atoms with Crippen LogP contribution in [0.2, 0.25) is 0 Å². The third-order valence-corrected chi connectivity index (χ3v) is 6.88. The Kier molecular flexibility index (Phi) is 12.2. The second-order valence-corrected chi connectivity index (χ2v) is 9.55. The molecule has 0 aromatic carbocycles. The molecule has 0 spiro atoms. The first-order valence-electron chi connectivity index (χ1n) is 12.6. The van der Waals surface area contributed by atoms with Crippen molar-refractivity contribution in [2.24, 2.45) is 11.8 Å². The van der Waals surface area contributed by atoms with Gasteiger partial charge in [0, 0.05) is 25.9 Å². The largest absolute Gasteiger partial charge is 0.481 e. The Morgan fingerprint density at radius 3 is 2.70 bits per heavy atom. The number of carbonyl (C=O) groups is 1. The van der Waals surface area contributed by atoms with Crippen LogP contribution in [0.1, 0.15) is 90.4 Å². The number of unbranched alkanes of at least 4 members (excludes halogenated alkanes) is 1. The number of carboxylic acid groups (broad SMARTS) is 1. The predicted molar refractivity (Wildman–Crippen MR) is 121 cm³/mol. The van der Waals surface area contributed by atoms with E-state index in [9.17, 15) is 23.8 Å². The summed E-state index contributed by atoms with van der Waals surface area (Å²) in [6.45, 7) is 2.33. The first-order valence-corrected chi connectivity index (χ1v) is 12.6. The number of halogens is 2. The Morgan fingerprint density at radius 2 is 2.03 bits per heavy atom. The number of hydrogen-bond donors (Lipinski definition) is 3. The normalized spacial score (nSPS) is 29.5. The van der Waals surface area contributed by atoms with Crippen molar-refractivity contribution in [3.05, 3.63) is 12.2 Å². The highest BCUT2D eigenvalue weighted by Gasteiger charge is 2.44. The van der Waals surface area contributed by atoms with E-state index in [-0.39, 0.29) is 43.5 Å². The standard InChI is InChI=1S/C25H42F2O6/c1-2-15-25(26,27)22(29)12-9-11-19-18(10-5-3-4-6-13-23(30)31)20(28)17-21(19)33-24-14-7-8-16-32-24/h3,5,18-22,24,28-29H,2,4,6-17H2,1H3,(H,30,31)/t18-,19-,20+,21-,22?,24?/m1/s1. The molecule has 2 fully saturated rings. The minimum atomic E-state index is -3.08. The molecule has 0 bridgehead atoms. The second-order valence-electron chi connectivity index (χ2n) is 9.55. The Labute approximate surface area is 196 Å². The van der Waals surface area contributed by atoms with Crippen molar-refractivity contribution in [1.29, 1.82) is 0 Å². The molecule has 8 heteroatoms. The lowest BCUT2D eigenvalue weighted by Crippen LogP contribution is -2.34. The molecule has 1 aliphatic carbocycles. The van der Waals surface area contributed by atoms with E-state index in [1.165, 1.54) is 0 Å². The topological polar surface area (TPSA) is 96.2 Å². The van der Waals surface area contributed by atoms with Gasteiger partial charge in [-0.2, -0.15) is 0 Å². The van der Waals surface area contributed by atoms with Gasteiger partial charge in [-0.25, -0.2) is 8.78 Å². The molecule has 33 heavy (non-hydrogen) atoms. The number of rotatable bonds is 15. The van der Waals surface area contributed by atoms with Crippen molar-refractivity contribution in [2.45, 2.75) is 121 Å². The monoisotopic (exact) mass is 476 g/mol. The average Bonchev–Trinajstić information content (AvgIpc) is 3.05. The van der Waals surface area contributed by atoms with Gasteiger partial charge in [-0.3, -0.25) is 4.79 Å². The summed E-state index contributed by atoms with van der Waals surface area (Å²) >= 11 is 0. The van der Waals surface area contributed by atoms with E-state index in [4.69, 9.17) is 14.6 Å². The maximum absolute atomic E-state index is 14.0. The minimum Gasteiger partial charge on any atom is -0.481 e. The highest BCUT2D eigenvalue weighted by molar-refractivity contribution is 5.66. The van der Waals surface area contributed by atoms with E-state index in [1.54, 1.807) is 6.92 Å². The summed E-state index contributed by atoms with van der Waals surface area (Å²) in [6, 6.07) is 0. The van der Waals surface area contributed by atoms with Crippen LogP contribution >= 0.6 is 0 Å². The lowest BCUT2D eigenvalue weighted by Gasteiger charge is -2.31. The van der Waals surface area contributed by atoms with Gasteiger partial charge in [0.1, 0.15) is 6.10 Å². The summed E-state index contributed by atoms with van der Waals surface area (Å²) in [5, 5.41) is 29.5. The van der Waals surface area contributed by atoms with E-state index in [0.717, 1.165) is 19.3 Å². The summed E-state index contributed by atoms with van der Waals surface area (Å²) in [5.74, 6) is -3.97. The lowest BCUT2D eigenvalue weighted by molar-refractivity contribution is -0.196. The van der Waals surface area contributed by atoms with Gasteiger partial charge in [0.25, 0.3) is 5.92 Å². The number of alkyl halides is 2. The van der Waals surface area contributed by atoms with Crippen LogP contribution in [-0.2, 0) is 14.3 Å². The molecule has 1 saturated heterocycles. The molecule has 0 radical (unpaired) electrons. The number of hydrogen-bond acceptors (Lipinski definition) is 5. The van der Waals surface area contributed by atoms with E-state index >= 15 is 0 Å². The maximum atomic E-state index is 14.0. The summed E-state index contributed by atoms with van der Waals surface area (Å²) in [4.78, 5) is 10.6. The van der Waals surface area contributed by atoms with Crippen LogP contribution in [0.15, 0.2) is 12.2 Å². The van der Waals surface area contributed by atoms with Crippen LogP contribution in [0.3, 0.4) is 0 Å². The number of aliphatic hydroxyl groups is 2. The van der Waals surface area contributed by atoms with E-state index in [1.807, 2.05) is 12.2 Å². The fourth-order valence-corrected chi connectivity index (χ4v) is 5.05. The van der Waals surface area contributed by atoms with Gasteiger partial charge in [-0.15, -0.1) is 0 Å². The molecule has 0 amide bonds. The number of carboxylic acids is 1. The highest BCUT2D eigenvalue weighted by Crippen LogP contribution is 2.41. The number of allylic oxidation sites excluding steroid dienone is 2. The molecule has 1 saturated carbocycles. The predicted octanol–water partition coefficient (Wildman–Crippen LogP) is 5.06. The molecule has 2 aliphatic rings. The van der Waals surface area contributed by atoms with Crippen molar-refractivity contribution in [2.75, 3.05) is 6.61 Å². The summed E-state index contributed by atoms with van der Waals surface area (Å²) in [6.07, 6.45) is 7.57. The molecule has 6 atom stereocenters. The first kappa shape index (κ1) is 28.1. The van der Waals surface area contributed by atoms with Gasteiger partial charge < -0.3 is 24.8 Å². The van der Waals surface area contributed by atoms with Gasteiger partial charge in [0.05, 0.1) is 12.2 Å². The van der Waals surface area contributed by atoms with Gasteiger partial charge in [0.15, 0.2) is 6.29 Å². The third-order valence-electron chi connectivity index (χ3n) is 6.88. The average molecular weight is 477 g/mol. The van der Waals surface area contributed by atoms with Crippen LogP contribution in [0.25, 0.3) is 0 Å². The Bertz CT molecular complexity index is 593. The smallest absolute Gasteiger partial charge is 0.303 e. The third kappa shape index (κ3) is 9.59. The number of aliphatic carboxylic acids is 1. The van der Waals surface area contributed by atoms with E-state index in [2.05, 4.69) is 0 Å². The van der Waals surface area contributed by atoms with Crippen molar-refractivity contribution in [3.8, 4) is 0 Å². The molecule has 0 aromatic rings. The van der Waals surface area contributed by atoms with E-state index < -0.39 is 24.1 Å². The van der Waals surface area contributed by atoms with Crippen LogP contribution in [0.5, 0.6) is 0 Å². The highest BCUT2D eigenvalue weighted by atomic mass is 19.3. The van der Waals surface area contributed by atoms with Crippen LogP contribution < -0.4 is 0 Å². The SMILES string of the molecule is CCCC(F)(F)C(O)CCC[C@@H]1[C@@H](CC=CCCCC(=O)O)[C@@H](O)C[C@H]1OC1CCCCO1. The maximum Gasteiger partial charge on any atom is 0.303 e. The summed E-state index contributed by atoms with van der Waals surface area (Å²) < 4.78 is 39.9. The van der Waals surface area contributed by atoms with Crippen LogP contribution in [0, 0.1) is 11.8 Å². The van der Waals surface area contributed by atoms with Crippen molar-refractivity contribution >= 4 is 5.97 Å². The summed E-state index contributed by atoms with van der Waals surface area (Å²) in [5.41, 5.74) is 0. The minimum absolute atomic E-state index is 0.0128. The molecule has 2 unspecified atom stereocenters. The first-order chi connectivity index (χ1) is 15.7. The zero-order valence-corrected chi connectivity index (χ0v) is 19.8. The zero-order chi connectivity index (χ0) is 24.3. The van der Waals surface area contributed by atoms with Crippen molar-refractivity contribution < 1.29 is 38.4 Å². The molecule has 1 heterocycles. The van der Waals surface area contributed by atoms with Crippen LogP contribution in [0.4, 0.5) is 8.78 Å². The molecule has 2 rings (SSSR count). The summed E-state index contributed by atoms with van der Waals surface area (Å²) in [7, 11) is 0. The van der Waals surface area contributed by atoms with Gasteiger partial charge in [-0.1, -0.05) is 31.9 Å². The van der Waals surface area contributed by atoms with Crippen LogP contribution in [-0.4, -0.2) is 58.4 Å². The quantitative estimate of drug-likeness (QED) is 0.226. The molecule has 192 valence electrons. The van der Waals surface area contributed by atoms with Crippen molar-refractivity contribution in [1.82, 2.24) is 0 Å². The Morgan fingerprint density at radius 1 is 1.24 bits per heavy atom. The Balaban J connectivity index is 1.94. The van der Waals surface area contributed by atoms with Gasteiger partial charge >= 0.3 is 5.97 Å². The van der Waals surface area contributed by atoms with Crippen molar-refractivity contribution in [3.63, 3.8) is 0 Å². The Hall–Kier alpha value is -1.09. The molecule has 1 aliphatic heterocycles. The molecular formula is C25H42F2O6. The fourth-order valence-electron chi connectivity index (χ4n) is 5.05. The molecule has 3 N–H and O–H groups in total. The molecular weight excluding hydrogens is 434 g/mol.